The van der Waals surface area contributed by atoms with Crippen LogP contribution in [0.1, 0.15) is 26.7 Å². The first-order valence-electron chi connectivity index (χ1n) is 4.15. The maximum atomic E-state index is 3.36. The zero-order valence-corrected chi connectivity index (χ0v) is 8.21. The van der Waals surface area contributed by atoms with Crippen LogP contribution < -0.4 is 5.32 Å². The molecule has 0 unspecified atom stereocenters. The third-order valence-electron chi connectivity index (χ3n) is 1.95. The van der Waals surface area contributed by atoms with Crippen LogP contribution in [0.4, 0.5) is 0 Å². The van der Waals surface area contributed by atoms with Crippen molar-refractivity contribution in [3.05, 3.63) is 11.6 Å². The largest absolute Gasteiger partial charge is 0.317 e. The summed E-state index contributed by atoms with van der Waals surface area (Å²) in [5.74, 6) is 0.853. The first kappa shape index (κ1) is 11.0. The van der Waals surface area contributed by atoms with E-state index in [1.54, 1.807) is 0 Å². The maximum absolute atomic E-state index is 3.36. The second kappa shape index (κ2) is 5.62. The Morgan fingerprint density at radius 3 is 2.27 bits per heavy atom. The minimum Gasteiger partial charge on any atom is -0.317 e. The predicted molar refractivity (Wildman–Crippen MR) is 52.3 cm³/mol. The first-order valence-corrected chi connectivity index (χ1v) is 4.15. The van der Waals surface area contributed by atoms with Gasteiger partial charge in [-0.2, -0.15) is 0 Å². The van der Waals surface area contributed by atoms with Gasteiger partial charge < -0.3 is 5.32 Å². The molecule has 0 aromatic heterocycles. The zero-order valence-electron chi connectivity index (χ0n) is 7.39. The van der Waals surface area contributed by atoms with Crippen molar-refractivity contribution in [2.24, 2.45) is 5.92 Å². The standard InChI is InChI=1S/C9H17N.ClH/c1-8(2)7-9-3-5-10-6-4-9;/h7,9-10H,3-6H2,1-2H3;1H. The van der Waals surface area contributed by atoms with Crippen molar-refractivity contribution in [2.75, 3.05) is 13.1 Å². The van der Waals surface area contributed by atoms with Gasteiger partial charge in [-0.15, -0.1) is 12.4 Å². The average molecular weight is 176 g/mol. The molecule has 0 aliphatic carbocycles. The normalized spacial score (nSPS) is 18.7. The zero-order chi connectivity index (χ0) is 7.40. The lowest BCUT2D eigenvalue weighted by Gasteiger charge is -2.19. The van der Waals surface area contributed by atoms with Crippen molar-refractivity contribution in [3.8, 4) is 0 Å². The Morgan fingerprint density at radius 1 is 1.27 bits per heavy atom. The molecule has 66 valence electrons. The van der Waals surface area contributed by atoms with Gasteiger partial charge in [0.15, 0.2) is 0 Å². The summed E-state index contributed by atoms with van der Waals surface area (Å²) in [7, 11) is 0. The third kappa shape index (κ3) is 4.44. The molecule has 0 aromatic carbocycles. The summed E-state index contributed by atoms with van der Waals surface area (Å²) in [4.78, 5) is 0. The van der Waals surface area contributed by atoms with Crippen LogP contribution in [-0.2, 0) is 0 Å². The summed E-state index contributed by atoms with van der Waals surface area (Å²) < 4.78 is 0. The van der Waals surface area contributed by atoms with E-state index >= 15 is 0 Å². The monoisotopic (exact) mass is 175 g/mol. The molecule has 2 heteroatoms. The molecular formula is C9H18ClN. The van der Waals surface area contributed by atoms with Crippen molar-refractivity contribution in [2.45, 2.75) is 26.7 Å². The number of hydrogen-bond donors (Lipinski definition) is 1. The van der Waals surface area contributed by atoms with E-state index in [1.807, 2.05) is 0 Å². The Balaban J connectivity index is 0.000001000. The highest BCUT2D eigenvalue weighted by atomic mass is 35.5. The average Bonchev–Trinajstić information content (AvgIpc) is 1.88. The van der Waals surface area contributed by atoms with E-state index in [0.29, 0.717) is 0 Å². The number of halogens is 1. The molecular weight excluding hydrogens is 158 g/mol. The van der Waals surface area contributed by atoms with E-state index in [2.05, 4.69) is 25.2 Å². The van der Waals surface area contributed by atoms with E-state index in [4.69, 9.17) is 0 Å². The van der Waals surface area contributed by atoms with Crippen LogP contribution in [-0.4, -0.2) is 13.1 Å². The lowest BCUT2D eigenvalue weighted by Crippen LogP contribution is -2.26. The highest BCUT2D eigenvalue weighted by Gasteiger charge is 2.08. The van der Waals surface area contributed by atoms with Gasteiger partial charge in [-0.3, -0.25) is 0 Å². The quantitative estimate of drug-likeness (QED) is 0.604. The smallest absolute Gasteiger partial charge is 0.00433 e. The van der Waals surface area contributed by atoms with Crippen LogP contribution in [0, 0.1) is 5.92 Å². The number of piperidine rings is 1. The number of rotatable bonds is 1. The fourth-order valence-electron chi connectivity index (χ4n) is 1.48. The van der Waals surface area contributed by atoms with Crippen molar-refractivity contribution in [1.29, 1.82) is 0 Å². The van der Waals surface area contributed by atoms with Crippen molar-refractivity contribution < 1.29 is 0 Å². The number of hydrogen-bond acceptors (Lipinski definition) is 1. The summed E-state index contributed by atoms with van der Waals surface area (Å²) in [5, 5.41) is 3.36. The Morgan fingerprint density at radius 2 is 1.82 bits per heavy atom. The van der Waals surface area contributed by atoms with Crippen LogP contribution >= 0.6 is 12.4 Å². The maximum Gasteiger partial charge on any atom is -0.00433 e. The molecule has 1 heterocycles. The van der Waals surface area contributed by atoms with E-state index < -0.39 is 0 Å². The molecule has 1 N–H and O–H groups in total. The second-order valence-electron chi connectivity index (χ2n) is 3.33. The molecule has 1 aliphatic heterocycles. The highest BCUT2D eigenvalue weighted by molar-refractivity contribution is 5.85. The van der Waals surface area contributed by atoms with E-state index in [9.17, 15) is 0 Å². The summed E-state index contributed by atoms with van der Waals surface area (Å²) in [6.07, 6.45) is 5.05. The second-order valence-corrected chi connectivity index (χ2v) is 3.33. The van der Waals surface area contributed by atoms with Gasteiger partial charge >= 0.3 is 0 Å². The molecule has 1 fully saturated rings. The van der Waals surface area contributed by atoms with Crippen molar-refractivity contribution in [3.63, 3.8) is 0 Å². The van der Waals surface area contributed by atoms with Gasteiger partial charge in [0.05, 0.1) is 0 Å². The Bertz CT molecular complexity index is 122. The SMILES string of the molecule is CC(C)=CC1CCNCC1.Cl. The summed E-state index contributed by atoms with van der Waals surface area (Å²) >= 11 is 0. The fraction of sp³-hybridized carbons (Fsp3) is 0.778. The van der Waals surface area contributed by atoms with Gasteiger partial charge in [0, 0.05) is 0 Å². The van der Waals surface area contributed by atoms with Gasteiger partial charge in [0.1, 0.15) is 0 Å². The highest BCUT2D eigenvalue weighted by Crippen LogP contribution is 2.14. The van der Waals surface area contributed by atoms with Crippen LogP contribution in [0.2, 0.25) is 0 Å². The van der Waals surface area contributed by atoms with Gasteiger partial charge in [-0.1, -0.05) is 11.6 Å². The molecule has 1 aliphatic rings. The lowest BCUT2D eigenvalue weighted by molar-refractivity contribution is 0.435. The summed E-state index contributed by atoms with van der Waals surface area (Å²) in [5.41, 5.74) is 1.46. The summed E-state index contributed by atoms with van der Waals surface area (Å²) in [6, 6.07) is 0. The minimum atomic E-state index is 0. The van der Waals surface area contributed by atoms with Gasteiger partial charge in [0.2, 0.25) is 0 Å². The molecule has 0 radical (unpaired) electrons. The van der Waals surface area contributed by atoms with Crippen molar-refractivity contribution in [1.82, 2.24) is 5.32 Å². The van der Waals surface area contributed by atoms with Crippen molar-refractivity contribution >= 4 is 12.4 Å². The predicted octanol–water partition coefficient (Wildman–Crippen LogP) is 2.37. The Kier molecular flexibility index (Phi) is 5.61. The first-order chi connectivity index (χ1) is 4.79. The Labute approximate surface area is 75.7 Å². The minimum absolute atomic E-state index is 0. The molecule has 11 heavy (non-hydrogen) atoms. The van der Waals surface area contributed by atoms with Gasteiger partial charge in [-0.05, 0) is 45.7 Å². The molecule has 0 atom stereocenters. The molecule has 1 nitrogen and oxygen atoms in total. The molecule has 0 amide bonds. The molecule has 1 saturated heterocycles. The van der Waals surface area contributed by atoms with E-state index in [1.165, 1.54) is 31.5 Å². The Hall–Kier alpha value is -0.0100. The van der Waals surface area contributed by atoms with Crippen LogP contribution in [0.5, 0.6) is 0 Å². The van der Waals surface area contributed by atoms with Crippen LogP contribution in [0.25, 0.3) is 0 Å². The van der Waals surface area contributed by atoms with Gasteiger partial charge in [0.25, 0.3) is 0 Å². The number of allylic oxidation sites excluding steroid dienone is 2. The molecule has 0 spiro atoms. The lowest BCUT2D eigenvalue weighted by atomic mass is 9.96. The van der Waals surface area contributed by atoms with Crippen LogP contribution in [0.3, 0.4) is 0 Å². The van der Waals surface area contributed by atoms with E-state index in [0.717, 1.165) is 5.92 Å². The number of nitrogens with one attached hydrogen (secondary N) is 1. The topological polar surface area (TPSA) is 12.0 Å². The summed E-state index contributed by atoms with van der Waals surface area (Å²) in [6.45, 7) is 6.77. The molecule has 0 aromatic rings. The molecule has 0 bridgehead atoms. The van der Waals surface area contributed by atoms with Gasteiger partial charge in [-0.25, -0.2) is 0 Å². The molecule has 0 saturated carbocycles. The fourth-order valence-corrected chi connectivity index (χ4v) is 1.48. The third-order valence-corrected chi connectivity index (χ3v) is 1.95. The molecule has 1 rings (SSSR count). The van der Waals surface area contributed by atoms with E-state index in [-0.39, 0.29) is 12.4 Å². The van der Waals surface area contributed by atoms with Crippen LogP contribution in [0.15, 0.2) is 11.6 Å².